The Bertz CT molecular complexity index is 869. The van der Waals surface area contributed by atoms with Crippen molar-refractivity contribution in [2.75, 3.05) is 6.54 Å². The van der Waals surface area contributed by atoms with Gasteiger partial charge in [0, 0.05) is 30.6 Å². The van der Waals surface area contributed by atoms with Gasteiger partial charge in [-0.3, -0.25) is 9.69 Å². The molecule has 6 nitrogen and oxygen atoms in total. The maximum absolute atomic E-state index is 12.4. The molecule has 3 aliphatic rings. The predicted molar refractivity (Wildman–Crippen MR) is 97.1 cm³/mol. The summed E-state index contributed by atoms with van der Waals surface area (Å²) >= 11 is 0. The van der Waals surface area contributed by atoms with Crippen molar-refractivity contribution in [3.8, 4) is 0 Å². The van der Waals surface area contributed by atoms with Crippen LogP contribution in [0.5, 0.6) is 0 Å². The van der Waals surface area contributed by atoms with Crippen LogP contribution in [0, 0.1) is 0 Å². The lowest BCUT2D eigenvalue weighted by molar-refractivity contribution is 0.210. The van der Waals surface area contributed by atoms with Crippen LogP contribution < -0.4 is 5.56 Å². The SMILES string of the molecule is O=c1cc2c(nn1CC1CCCN1Cc1noc3c1CCCC3)CCC2. The van der Waals surface area contributed by atoms with Gasteiger partial charge in [-0.25, -0.2) is 4.68 Å². The van der Waals surface area contributed by atoms with E-state index in [0.29, 0.717) is 12.6 Å². The van der Waals surface area contributed by atoms with Gasteiger partial charge in [0.05, 0.1) is 12.2 Å². The summed E-state index contributed by atoms with van der Waals surface area (Å²) in [5.74, 6) is 1.10. The fourth-order valence-corrected chi connectivity index (χ4v) is 4.85. The lowest BCUT2D eigenvalue weighted by Gasteiger charge is -2.24. The Morgan fingerprint density at radius 3 is 3.00 bits per heavy atom. The number of hydrogen-bond acceptors (Lipinski definition) is 5. The number of nitrogens with zero attached hydrogens (tertiary/aromatic N) is 4. The average molecular weight is 354 g/mol. The Hall–Kier alpha value is -1.95. The van der Waals surface area contributed by atoms with Crippen LogP contribution in [-0.4, -0.2) is 32.4 Å². The lowest BCUT2D eigenvalue weighted by atomic mass is 9.96. The summed E-state index contributed by atoms with van der Waals surface area (Å²) in [6.07, 6.45) is 9.99. The molecule has 5 rings (SSSR count). The van der Waals surface area contributed by atoms with E-state index < -0.39 is 0 Å². The highest BCUT2D eigenvalue weighted by Crippen LogP contribution is 2.28. The number of fused-ring (bicyclic) bond motifs is 2. The minimum atomic E-state index is 0.0521. The molecule has 138 valence electrons. The van der Waals surface area contributed by atoms with E-state index in [0.717, 1.165) is 74.3 Å². The van der Waals surface area contributed by atoms with Gasteiger partial charge in [-0.1, -0.05) is 5.16 Å². The van der Waals surface area contributed by atoms with Crippen molar-refractivity contribution in [2.24, 2.45) is 0 Å². The maximum Gasteiger partial charge on any atom is 0.267 e. The molecule has 2 aliphatic carbocycles. The van der Waals surface area contributed by atoms with Gasteiger partial charge in [0.25, 0.3) is 5.56 Å². The molecule has 0 aromatic carbocycles. The highest BCUT2D eigenvalue weighted by atomic mass is 16.5. The summed E-state index contributed by atoms with van der Waals surface area (Å²) in [4.78, 5) is 14.9. The summed E-state index contributed by atoms with van der Waals surface area (Å²) < 4.78 is 7.28. The van der Waals surface area contributed by atoms with Crippen LogP contribution in [0.1, 0.15) is 60.4 Å². The number of likely N-dealkylation sites (tertiary alicyclic amines) is 1. The van der Waals surface area contributed by atoms with E-state index in [1.807, 2.05) is 6.07 Å². The summed E-state index contributed by atoms with van der Waals surface area (Å²) in [5.41, 5.74) is 4.79. The summed E-state index contributed by atoms with van der Waals surface area (Å²) in [6, 6.07) is 2.17. The first kappa shape index (κ1) is 16.2. The van der Waals surface area contributed by atoms with Gasteiger partial charge in [-0.15, -0.1) is 0 Å². The fraction of sp³-hybridized carbons (Fsp3) is 0.650. The Balaban J connectivity index is 1.33. The van der Waals surface area contributed by atoms with Crippen LogP contribution in [-0.2, 0) is 38.8 Å². The van der Waals surface area contributed by atoms with Gasteiger partial charge in [-0.2, -0.15) is 5.10 Å². The Kier molecular flexibility index (Phi) is 4.15. The molecule has 0 spiro atoms. The van der Waals surface area contributed by atoms with Gasteiger partial charge < -0.3 is 4.52 Å². The molecule has 1 aliphatic heterocycles. The van der Waals surface area contributed by atoms with E-state index in [1.165, 1.54) is 24.8 Å². The molecular weight excluding hydrogens is 328 g/mol. The van der Waals surface area contributed by atoms with E-state index in [1.54, 1.807) is 4.68 Å². The molecule has 1 atom stereocenters. The first-order chi connectivity index (χ1) is 12.8. The molecule has 26 heavy (non-hydrogen) atoms. The van der Waals surface area contributed by atoms with E-state index >= 15 is 0 Å². The fourth-order valence-electron chi connectivity index (χ4n) is 4.85. The standard InChI is InChI=1S/C20H26N4O2/c25-20-11-14-5-3-8-17(14)21-24(20)12-15-6-4-10-23(15)13-18-16-7-1-2-9-19(16)26-22-18/h11,15H,1-10,12-13H2. The van der Waals surface area contributed by atoms with Crippen LogP contribution in [0.4, 0.5) is 0 Å². The molecule has 0 radical (unpaired) electrons. The molecular formula is C20H26N4O2. The normalized spacial score (nSPS) is 22.5. The monoisotopic (exact) mass is 354 g/mol. The first-order valence-electron chi connectivity index (χ1n) is 10.1. The number of hydrogen-bond donors (Lipinski definition) is 0. The van der Waals surface area contributed by atoms with E-state index in [4.69, 9.17) is 4.52 Å². The van der Waals surface area contributed by atoms with Crippen molar-refractivity contribution in [1.82, 2.24) is 19.8 Å². The molecule has 0 amide bonds. The number of aryl methyl sites for hydroxylation is 3. The third-order valence-corrected chi connectivity index (χ3v) is 6.29. The summed E-state index contributed by atoms with van der Waals surface area (Å²) in [6.45, 7) is 2.58. The van der Waals surface area contributed by atoms with Gasteiger partial charge in [0.1, 0.15) is 11.5 Å². The second-order valence-corrected chi connectivity index (χ2v) is 7.99. The molecule has 0 N–H and O–H groups in total. The minimum Gasteiger partial charge on any atom is -0.361 e. The Labute approximate surface area is 153 Å². The quantitative estimate of drug-likeness (QED) is 0.843. The third kappa shape index (κ3) is 2.90. The zero-order valence-corrected chi connectivity index (χ0v) is 15.2. The largest absolute Gasteiger partial charge is 0.361 e. The second kappa shape index (κ2) is 6.65. The smallest absolute Gasteiger partial charge is 0.267 e. The number of rotatable bonds is 4. The molecule has 6 heteroatoms. The minimum absolute atomic E-state index is 0.0521. The maximum atomic E-state index is 12.4. The highest BCUT2D eigenvalue weighted by molar-refractivity contribution is 5.25. The van der Waals surface area contributed by atoms with Crippen LogP contribution in [0.15, 0.2) is 15.4 Å². The molecule has 1 fully saturated rings. The van der Waals surface area contributed by atoms with Crippen molar-refractivity contribution < 1.29 is 4.52 Å². The van der Waals surface area contributed by atoms with Crippen molar-refractivity contribution in [3.05, 3.63) is 44.7 Å². The predicted octanol–water partition coefficient (Wildman–Crippen LogP) is 2.26. The highest BCUT2D eigenvalue weighted by Gasteiger charge is 2.29. The van der Waals surface area contributed by atoms with Crippen molar-refractivity contribution >= 4 is 0 Å². The molecule has 2 aromatic rings. The Morgan fingerprint density at radius 2 is 2.04 bits per heavy atom. The van der Waals surface area contributed by atoms with Crippen molar-refractivity contribution in [3.63, 3.8) is 0 Å². The lowest BCUT2D eigenvalue weighted by Crippen LogP contribution is -2.37. The van der Waals surface area contributed by atoms with Gasteiger partial charge in [-0.05, 0) is 63.5 Å². The van der Waals surface area contributed by atoms with Gasteiger partial charge in [0.2, 0.25) is 0 Å². The molecule has 3 heterocycles. The zero-order chi connectivity index (χ0) is 17.5. The van der Waals surface area contributed by atoms with Crippen LogP contribution >= 0.6 is 0 Å². The summed E-state index contributed by atoms with van der Waals surface area (Å²) in [5, 5.41) is 9.03. The zero-order valence-electron chi connectivity index (χ0n) is 15.2. The van der Waals surface area contributed by atoms with Crippen LogP contribution in [0.3, 0.4) is 0 Å². The molecule has 2 aromatic heterocycles. The second-order valence-electron chi connectivity index (χ2n) is 7.99. The topological polar surface area (TPSA) is 64.2 Å². The summed E-state index contributed by atoms with van der Waals surface area (Å²) in [7, 11) is 0. The van der Waals surface area contributed by atoms with E-state index in [-0.39, 0.29) is 5.56 Å². The van der Waals surface area contributed by atoms with Gasteiger partial charge in [0.15, 0.2) is 0 Å². The third-order valence-electron chi connectivity index (χ3n) is 6.29. The average Bonchev–Trinajstić information content (AvgIpc) is 3.37. The van der Waals surface area contributed by atoms with Crippen molar-refractivity contribution in [2.45, 2.75) is 76.9 Å². The van der Waals surface area contributed by atoms with Crippen LogP contribution in [0.25, 0.3) is 0 Å². The molecule has 1 saturated heterocycles. The van der Waals surface area contributed by atoms with Gasteiger partial charge >= 0.3 is 0 Å². The molecule has 1 unspecified atom stereocenters. The first-order valence-corrected chi connectivity index (χ1v) is 10.1. The molecule has 0 bridgehead atoms. The number of aromatic nitrogens is 3. The van der Waals surface area contributed by atoms with Crippen LogP contribution in [0.2, 0.25) is 0 Å². The van der Waals surface area contributed by atoms with Crippen molar-refractivity contribution in [1.29, 1.82) is 0 Å². The van der Waals surface area contributed by atoms with E-state index in [9.17, 15) is 4.79 Å². The Morgan fingerprint density at radius 1 is 1.12 bits per heavy atom. The molecule has 0 saturated carbocycles. The van der Waals surface area contributed by atoms with E-state index in [2.05, 4.69) is 15.2 Å².